The Kier molecular flexibility index (Phi) is 3.91. The molecule has 25 heavy (non-hydrogen) atoms. The number of fused-ring (bicyclic) bond motifs is 1. The van der Waals surface area contributed by atoms with Crippen molar-refractivity contribution in [2.45, 2.75) is 6.54 Å². The smallest absolute Gasteiger partial charge is 0.273 e. The first-order chi connectivity index (χ1) is 12.2. The Bertz CT molecular complexity index is 1040. The van der Waals surface area contributed by atoms with Crippen LogP contribution in [0.4, 0.5) is 0 Å². The molecule has 0 bridgehead atoms. The highest BCUT2D eigenvalue weighted by molar-refractivity contribution is 6.30. The molecular formula is C17H12ClN5O2. The van der Waals surface area contributed by atoms with Gasteiger partial charge in [-0.1, -0.05) is 16.8 Å². The highest BCUT2D eigenvalue weighted by Crippen LogP contribution is 2.19. The average Bonchev–Trinajstić information content (AvgIpc) is 3.27. The van der Waals surface area contributed by atoms with Gasteiger partial charge in [-0.25, -0.2) is 4.98 Å². The number of pyridine rings is 2. The fourth-order valence-electron chi connectivity index (χ4n) is 2.39. The van der Waals surface area contributed by atoms with Crippen LogP contribution in [0.3, 0.4) is 0 Å². The van der Waals surface area contributed by atoms with E-state index in [4.69, 9.17) is 16.1 Å². The minimum absolute atomic E-state index is 0.200. The van der Waals surface area contributed by atoms with Crippen molar-refractivity contribution < 1.29 is 9.32 Å². The van der Waals surface area contributed by atoms with Crippen LogP contribution in [0, 0.1) is 0 Å². The monoisotopic (exact) mass is 353 g/mol. The molecule has 4 aromatic rings. The molecule has 4 rings (SSSR count). The second kappa shape index (κ2) is 6.37. The molecule has 0 aliphatic carbocycles. The maximum atomic E-state index is 12.2. The lowest BCUT2D eigenvalue weighted by atomic mass is 10.2. The number of carbonyl (C=O) groups is 1. The topological polar surface area (TPSA) is 85.3 Å². The van der Waals surface area contributed by atoms with E-state index in [0.717, 1.165) is 11.2 Å². The molecular weight excluding hydrogens is 342 g/mol. The lowest BCUT2D eigenvalue weighted by Gasteiger charge is -1.98. The van der Waals surface area contributed by atoms with E-state index in [1.165, 1.54) is 0 Å². The van der Waals surface area contributed by atoms with E-state index < -0.39 is 0 Å². The maximum Gasteiger partial charge on any atom is 0.273 e. The van der Waals surface area contributed by atoms with Crippen molar-refractivity contribution in [3.8, 4) is 11.3 Å². The quantitative estimate of drug-likeness (QED) is 0.609. The zero-order chi connectivity index (χ0) is 17.2. The van der Waals surface area contributed by atoms with Crippen molar-refractivity contribution in [1.29, 1.82) is 0 Å². The summed E-state index contributed by atoms with van der Waals surface area (Å²) in [5, 5.41) is 7.19. The first-order valence-corrected chi connectivity index (χ1v) is 7.85. The molecule has 4 aromatic heterocycles. The van der Waals surface area contributed by atoms with Gasteiger partial charge in [0.2, 0.25) is 0 Å². The van der Waals surface area contributed by atoms with Crippen LogP contribution in [0.5, 0.6) is 0 Å². The van der Waals surface area contributed by atoms with Gasteiger partial charge < -0.3 is 14.2 Å². The summed E-state index contributed by atoms with van der Waals surface area (Å²) in [4.78, 5) is 20.6. The standard InChI is InChI=1S/C17H12ClN5O2/c18-12-3-4-16-21-13(10-23(16)9-12)8-20-17(24)14-6-15(25-22-14)11-2-1-5-19-7-11/h1-7,9-10H,8H2,(H,20,24). The van der Waals surface area contributed by atoms with E-state index in [9.17, 15) is 4.79 Å². The van der Waals surface area contributed by atoms with Crippen molar-refractivity contribution in [2.75, 3.05) is 0 Å². The number of hydrogen-bond donors (Lipinski definition) is 1. The van der Waals surface area contributed by atoms with Crippen LogP contribution in [-0.4, -0.2) is 25.4 Å². The van der Waals surface area contributed by atoms with Crippen LogP contribution in [0.15, 0.2) is 59.6 Å². The molecule has 1 amide bonds. The average molecular weight is 354 g/mol. The van der Waals surface area contributed by atoms with Gasteiger partial charge in [0.15, 0.2) is 11.5 Å². The number of nitrogens with zero attached hydrogens (tertiary/aromatic N) is 4. The van der Waals surface area contributed by atoms with E-state index in [1.54, 1.807) is 41.2 Å². The minimum Gasteiger partial charge on any atom is -0.355 e. The van der Waals surface area contributed by atoms with E-state index in [1.807, 2.05) is 18.3 Å². The number of nitrogens with one attached hydrogen (secondary N) is 1. The first kappa shape index (κ1) is 15.3. The molecule has 0 atom stereocenters. The Morgan fingerprint density at radius 2 is 2.20 bits per heavy atom. The largest absolute Gasteiger partial charge is 0.355 e. The number of hydrogen-bond acceptors (Lipinski definition) is 5. The summed E-state index contributed by atoms with van der Waals surface area (Å²) in [6, 6.07) is 8.77. The van der Waals surface area contributed by atoms with Crippen LogP contribution in [0.25, 0.3) is 17.0 Å². The Morgan fingerprint density at radius 3 is 3.04 bits per heavy atom. The predicted molar refractivity (Wildman–Crippen MR) is 91.1 cm³/mol. The van der Waals surface area contributed by atoms with Crippen molar-refractivity contribution in [3.63, 3.8) is 0 Å². The molecule has 124 valence electrons. The van der Waals surface area contributed by atoms with Gasteiger partial charge in [-0.15, -0.1) is 0 Å². The SMILES string of the molecule is O=C(NCc1cn2cc(Cl)ccc2n1)c1cc(-c2cccnc2)on1. The fourth-order valence-corrected chi connectivity index (χ4v) is 2.56. The van der Waals surface area contributed by atoms with Gasteiger partial charge in [-0.3, -0.25) is 9.78 Å². The lowest BCUT2D eigenvalue weighted by molar-refractivity contribution is 0.0941. The number of imidazole rings is 1. The minimum atomic E-state index is -0.339. The summed E-state index contributed by atoms with van der Waals surface area (Å²) in [7, 11) is 0. The van der Waals surface area contributed by atoms with E-state index in [0.29, 0.717) is 16.5 Å². The van der Waals surface area contributed by atoms with Gasteiger partial charge in [-0.05, 0) is 24.3 Å². The second-order valence-corrected chi connectivity index (χ2v) is 5.78. The summed E-state index contributed by atoms with van der Waals surface area (Å²) in [5.41, 5.74) is 2.43. The molecule has 0 radical (unpaired) electrons. The van der Waals surface area contributed by atoms with Gasteiger partial charge in [-0.2, -0.15) is 0 Å². The summed E-state index contributed by atoms with van der Waals surface area (Å²) in [6.07, 6.45) is 6.87. The van der Waals surface area contributed by atoms with Gasteiger partial charge in [0.25, 0.3) is 5.91 Å². The Labute approximate surface area is 147 Å². The van der Waals surface area contributed by atoms with Crippen molar-refractivity contribution in [1.82, 2.24) is 24.8 Å². The molecule has 0 unspecified atom stereocenters. The molecule has 0 aromatic carbocycles. The highest BCUT2D eigenvalue weighted by Gasteiger charge is 2.14. The number of rotatable bonds is 4. The van der Waals surface area contributed by atoms with E-state index >= 15 is 0 Å². The molecule has 4 heterocycles. The zero-order valence-corrected chi connectivity index (χ0v) is 13.6. The van der Waals surface area contributed by atoms with Gasteiger partial charge in [0.05, 0.1) is 17.3 Å². The van der Waals surface area contributed by atoms with Gasteiger partial charge in [0.1, 0.15) is 5.65 Å². The predicted octanol–water partition coefficient (Wildman–Crippen LogP) is 2.97. The van der Waals surface area contributed by atoms with Crippen molar-refractivity contribution >= 4 is 23.2 Å². The Morgan fingerprint density at radius 1 is 1.28 bits per heavy atom. The molecule has 0 aliphatic heterocycles. The third-order valence-electron chi connectivity index (χ3n) is 3.58. The van der Waals surface area contributed by atoms with Crippen LogP contribution in [-0.2, 0) is 6.54 Å². The first-order valence-electron chi connectivity index (χ1n) is 7.47. The normalized spacial score (nSPS) is 10.9. The molecule has 0 saturated carbocycles. The summed E-state index contributed by atoms with van der Waals surface area (Å²) >= 11 is 5.95. The summed E-state index contributed by atoms with van der Waals surface area (Å²) in [5.74, 6) is 0.148. The fraction of sp³-hybridized carbons (Fsp3) is 0.0588. The zero-order valence-electron chi connectivity index (χ0n) is 12.9. The molecule has 8 heteroatoms. The van der Waals surface area contributed by atoms with Crippen molar-refractivity contribution in [2.24, 2.45) is 0 Å². The highest BCUT2D eigenvalue weighted by atomic mass is 35.5. The summed E-state index contributed by atoms with van der Waals surface area (Å²) in [6.45, 7) is 0.271. The number of carbonyl (C=O) groups excluding carboxylic acids is 1. The van der Waals surface area contributed by atoms with E-state index in [2.05, 4.69) is 20.4 Å². The van der Waals surface area contributed by atoms with Crippen LogP contribution in [0.1, 0.15) is 16.2 Å². The van der Waals surface area contributed by atoms with E-state index in [-0.39, 0.29) is 18.1 Å². The van der Waals surface area contributed by atoms with Gasteiger partial charge in [0, 0.05) is 36.4 Å². The Hall–Kier alpha value is -3.19. The van der Waals surface area contributed by atoms with Crippen LogP contribution in [0.2, 0.25) is 5.02 Å². The molecule has 0 aliphatic rings. The number of aromatic nitrogens is 4. The third-order valence-corrected chi connectivity index (χ3v) is 3.81. The van der Waals surface area contributed by atoms with Crippen molar-refractivity contribution in [3.05, 3.63) is 71.5 Å². The summed E-state index contributed by atoms with van der Waals surface area (Å²) < 4.78 is 7.01. The number of halogens is 1. The second-order valence-electron chi connectivity index (χ2n) is 5.35. The number of amides is 1. The molecule has 0 saturated heterocycles. The van der Waals surface area contributed by atoms with Gasteiger partial charge >= 0.3 is 0 Å². The van der Waals surface area contributed by atoms with Crippen LogP contribution >= 0.6 is 11.6 Å². The molecule has 0 fully saturated rings. The lowest BCUT2D eigenvalue weighted by Crippen LogP contribution is -2.23. The maximum absolute atomic E-state index is 12.2. The molecule has 0 spiro atoms. The Balaban J connectivity index is 1.46. The molecule has 7 nitrogen and oxygen atoms in total. The molecule has 1 N–H and O–H groups in total. The van der Waals surface area contributed by atoms with Crippen LogP contribution < -0.4 is 5.32 Å². The third kappa shape index (κ3) is 3.22.